The highest BCUT2D eigenvalue weighted by Crippen LogP contribution is 2.38. The summed E-state index contributed by atoms with van der Waals surface area (Å²) >= 11 is 0. The van der Waals surface area contributed by atoms with Gasteiger partial charge >= 0.3 is 0 Å². The average molecular weight is 276 g/mol. The first-order valence-corrected chi connectivity index (χ1v) is 8.05. The van der Waals surface area contributed by atoms with Crippen molar-refractivity contribution in [3.05, 3.63) is 35.6 Å². The van der Waals surface area contributed by atoms with E-state index >= 15 is 0 Å². The van der Waals surface area contributed by atoms with Crippen LogP contribution >= 0.6 is 0 Å². The highest BCUT2D eigenvalue weighted by Gasteiger charge is 2.30. The molecule has 20 heavy (non-hydrogen) atoms. The third-order valence-electron chi connectivity index (χ3n) is 4.83. The molecule has 1 N–H and O–H groups in total. The fourth-order valence-electron chi connectivity index (χ4n) is 3.88. The Morgan fingerprint density at radius 3 is 2.55 bits per heavy atom. The van der Waals surface area contributed by atoms with Gasteiger partial charge in [0, 0.05) is 32.2 Å². The Balaban J connectivity index is 1.85. The molecule has 0 aromatic heterocycles. The van der Waals surface area contributed by atoms with Crippen LogP contribution in [0.25, 0.3) is 0 Å². The lowest BCUT2D eigenvalue weighted by Gasteiger charge is -2.41. The monoisotopic (exact) mass is 276 g/mol. The first-order chi connectivity index (χ1) is 9.84. The Morgan fingerprint density at radius 2 is 1.85 bits per heavy atom. The highest BCUT2D eigenvalue weighted by atomic mass is 19.1. The predicted molar refractivity (Wildman–Crippen MR) is 80.2 cm³/mol. The molecule has 1 saturated heterocycles. The molecular weight excluding hydrogens is 251 g/mol. The molecule has 1 heterocycles. The van der Waals surface area contributed by atoms with Crippen LogP contribution in [0.15, 0.2) is 24.3 Å². The molecule has 0 radical (unpaired) electrons. The molecule has 0 spiro atoms. The van der Waals surface area contributed by atoms with Crippen LogP contribution in [0.2, 0.25) is 0 Å². The summed E-state index contributed by atoms with van der Waals surface area (Å²) in [5, 5.41) is 3.42. The lowest BCUT2D eigenvalue weighted by Crippen LogP contribution is -2.47. The summed E-state index contributed by atoms with van der Waals surface area (Å²) in [6, 6.07) is 7.70. The molecule has 2 nitrogen and oxygen atoms in total. The first kappa shape index (κ1) is 14.0. The van der Waals surface area contributed by atoms with E-state index in [-0.39, 0.29) is 5.82 Å². The van der Waals surface area contributed by atoms with Gasteiger partial charge in [-0.05, 0) is 36.5 Å². The van der Waals surface area contributed by atoms with Gasteiger partial charge in [0.1, 0.15) is 5.82 Å². The van der Waals surface area contributed by atoms with Crippen molar-refractivity contribution in [3.8, 4) is 0 Å². The molecule has 1 aliphatic heterocycles. The van der Waals surface area contributed by atoms with Gasteiger partial charge in [0.2, 0.25) is 0 Å². The molecule has 0 bridgehead atoms. The van der Waals surface area contributed by atoms with E-state index in [1.165, 1.54) is 37.7 Å². The Labute approximate surface area is 121 Å². The smallest absolute Gasteiger partial charge is 0.123 e. The van der Waals surface area contributed by atoms with E-state index in [1.54, 1.807) is 12.1 Å². The van der Waals surface area contributed by atoms with Crippen LogP contribution in [0.1, 0.15) is 43.7 Å². The predicted octanol–water partition coefficient (Wildman–Crippen LogP) is 3.35. The van der Waals surface area contributed by atoms with Crippen LogP contribution in [0.3, 0.4) is 0 Å². The normalized spacial score (nSPS) is 23.6. The molecule has 3 heteroatoms. The Hall–Kier alpha value is -0.930. The molecule has 110 valence electrons. The second-order valence-electron chi connectivity index (χ2n) is 6.18. The molecule has 3 rings (SSSR count). The van der Waals surface area contributed by atoms with Crippen LogP contribution in [0.4, 0.5) is 4.39 Å². The highest BCUT2D eigenvalue weighted by molar-refractivity contribution is 5.21. The van der Waals surface area contributed by atoms with Crippen LogP contribution < -0.4 is 5.32 Å². The standard InChI is InChI=1S/C17H25FN2/c18-16-8-4-7-15(13-16)17(14-5-2-1-3-6-14)20-11-9-19-10-12-20/h4,7-8,13-14,17,19H,1-3,5-6,9-12H2/t17-/m0/s1. The largest absolute Gasteiger partial charge is 0.314 e. The number of piperazine rings is 1. The van der Waals surface area contributed by atoms with Gasteiger partial charge in [-0.1, -0.05) is 31.4 Å². The summed E-state index contributed by atoms with van der Waals surface area (Å²) in [6.45, 7) is 4.27. The first-order valence-electron chi connectivity index (χ1n) is 8.05. The number of hydrogen-bond acceptors (Lipinski definition) is 2. The van der Waals surface area contributed by atoms with Crippen molar-refractivity contribution in [2.24, 2.45) is 5.92 Å². The quantitative estimate of drug-likeness (QED) is 0.910. The van der Waals surface area contributed by atoms with E-state index in [0.717, 1.165) is 26.2 Å². The minimum Gasteiger partial charge on any atom is -0.314 e. The van der Waals surface area contributed by atoms with E-state index in [0.29, 0.717) is 12.0 Å². The summed E-state index contributed by atoms with van der Waals surface area (Å²) in [4.78, 5) is 2.57. The number of rotatable bonds is 3. The van der Waals surface area contributed by atoms with Gasteiger partial charge < -0.3 is 5.32 Å². The SMILES string of the molecule is Fc1cccc([C@H](C2CCCCC2)N2CCNCC2)c1. The molecule has 1 saturated carbocycles. The minimum absolute atomic E-state index is 0.0987. The van der Waals surface area contributed by atoms with Crippen molar-refractivity contribution < 1.29 is 4.39 Å². The zero-order chi connectivity index (χ0) is 13.8. The molecular formula is C17H25FN2. The number of nitrogens with zero attached hydrogens (tertiary/aromatic N) is 1. The summed E-state index contributed by atoms with van der Waals surface area (Å²) in [5.41, 5.74) is 1.18. The van der Waals surface area contributed by atoms with Gasteiger partial charge in [-0.3, -0.25) is 4.90 Å². The number of benzene rings is 1. The minimum atomic E-state index is -0.0987. The topological polar surface area (TPSA) is 15.3 Å². The van der Waals surface area contributed by atoms with Gasteiger partial charge in [-0.25, -0.2) is 4.39 Å². The number of halogens is 1. The second-order valence-corrected chi connectivity index (χ2v) is 6.18. The van der Waals surface area contributed by atoms with Crippen LogP contribution in [0.5, 0.6) is 0 Å². The van der Waals surface area contributed by atoms with Crippen molar-refractivity contribution >= 4 is 0 Å². The molecule has 1 aliphatic carbocycles. The summed E-state index contributed by atoms with van der Waals surface area (Å²) in [7, 11) is 0. The Kier molecular flexibility index (Phi) is 4.69. The fraction of sp³-hybridized carbons (Fsp3) is 0.647. The van der Waals surface area contributed by atoms with E-state index in [9.17, 15) is 4.39 Å². The molecule has 2 fully saturated rings. The molecule has 0 unspecified atom stereocenters. The lowest BCUT2D eigenvalue weighted by atomic mass is 9.80. The van der Waals surface area contributed by atoms with E-state index < -0.39 is 0 Å². The molecule has 1 aromatic carbocycles. The summed E-state index contributed by atoms with van der Waals surface area (Å²) in [5.74, 6) is 0.599. The van der Waals surface area contributed by atoms with Crippen LogP contribution in [-0.2, 0) is 0 Å². The van der Waals surface area contributed by atoms with Crippen LogP contribution in [-0.4, -0.2) is 31.1 Å². The Bertz CT molecular complexity index is 405. The second kappa shape index (κ2) is 6.68. The molecule has 1 aromatic rings. The lowest BCUT2D eigenvalue weighted by molar-refractivity contribution is 0.103. The third kappa shape index (κ3) is 3.21. The van der Waals surface area contributed by atoms with E-state index in [1.807, 2.05) is 6.07 Å². The maximum Gasteiger partial charge on any atom is 0.123 e. The Morgan fingerprint density at radius 1 is 1.10 bits per heavy atom. The van der Waals surface area contributed by atoms with E-state index in [4.69, 9.17) is 0 Å². The maximum atomic E-state index is 13.6. The number of hydrogen-bond donors (Lipinski definition) is 1. The summed E-state index contributed by atoms with van der Waals surface area (Å²) in [6.07, 6.45) is 6.63. The maximum absolute atomic E-state index is 13.6. The van der Waals surface area contributed by atoms with E-state index in [2.05, 4.69) is 16.3 Å². The van der Waals surface area contributed by atoms with Crippen LogP contribution in [0, 0.1) is 11.7 Å². The van der Waals surface area contributed by atoms with Crippen molar-refractivity contribution in [2.45, 2.75) is 38.1 Å². The zero-order valence-electron chi connectivity index (χ0n) is 12.2. The molecule has 1 atom stereocenters. The number of nitrogens with one attached hydrogen (secondary N) is 1. The molecule has 2 aliphatic rings. The van der Waals surface area contributed by atoms with Gasteiger partial charge in [0.05, 0.1) is 0 Å². The van der Waals surface area contributed by atoms with Gasteiger partial charge in [-0.15, -0.1) is 0 Å². The zero-order valence-corrected chi connectivity index (χ0v) is 12.2. The van der Waals surface area contributed by atoms with Gasteiger partial charge in [0.15, 0.2) is 0 Å². The van der Waals surface area contributed by atoms with Gasteiger partial charge in [0.25, 0.3) is 0 Å². The van der Waals surface area contributed by atoms with Crippen molar-refractivity contribution in [1.82, 2.24) is 10.2 Å². The van der Waals surface area contributed by atoms with Gasteiger partial charge in [-0.2, -0.15) is 0 Å². The average Bonchev–Trinajstić information content (AvgIpc) is 2.50. The summed E-state index contributed by atoms with van der Waals surface area (Å²) < 4.78 is 13.6. The fourth-order valence-corrected chi connectivity index (χ4v) is 3.88. The third-order valence-corrected chi connectivity index (χ3v) is 4.83. The molecule has 0 amide bonds. The van der Waals surface area contributed by atoms with Crippen molar-refractivity contribution in [2.75, 3.05) is 26.2 Å². The van der Waals surface area contributed by atoms with Crippen molar-refractivity contribution in [1.29, 1.82) is 0 Å². The van der Waals surface area contributed by atoms with Crippen molar-refractivity contribution in [3.63, 3.8) is 0 Å².